The first-order valence-electron chi connectivity index (χ1n) is 5.30. The van der Waals surface area contributed by atoms with Gasteiger partial charge in [-0.05, 0) is 23.6 Å². The third kappa shape index (κ3) is 2.79. The molecule has 0 spiro atoms. The minimum atomic E-state index is -0.234. The molecule has 0 bridgehead atoms. The van der Waals surface area contributed by atoms with Crippen LogP contribution in [0.5, 0.6) is 0 Å². The van der Waals surface area contributed by atoms with Crippen molar-refractivity contribution in [1.82, 2.24) is 0 Å². The van der Waals surface area contributed by atoms with Gasteiger partial charge in [-0.25, -0.2) is 0 Å². The Balaban J connectivity index is 2.43. The smallest absolute Gasteiger partial charge is 0.0994 e. The zero-order valence-corrected chi connectivity index (χ0v) is 12.3. The SMILES string of the molecule is CCc1ccccc1C(Cl)c1cc(Cl)sc1Cl. The molecule has 1 heterocycles. The lowest BCUT2D eigenvalue weighted by Crippen LogP contribution is -1.97. The van der Waals surface area contributed by atoms with Crippen molar-refractivity contribution >= 4 is 46.1 Å². The zero-order valence-electron chi connectivity index (χ0n) is 9.21. The van der Waals surface area contributed by atoms with Gasteiger partial charge in [-0.15, -0.1) is 22.9 Å². The maximum absolute atomic E-state index is 6.50. The third-order valence-electron chi connectivity index (χ3n) is 2.67. The summed E-state index contributed by atoms with van der Waals surface area (Å²) in [5.41, 5.74) is 3.24. The van der Waals surface area contributed by atoms with E-state index in [1.807, 2.05) is 24.3 Å². The molecule has 2 rings (SSSR count). The summed E-state index contributed by atoms with van der Waals surface area (Å²) >= 11 is 19.9. The number of hydrogen-bond acceptors (Lipinski definition) is 1. The van der Waals surface area contributed by atoms with Gasteiger partial charge in [0.2, 0.25) is 0 Å². The van der Waals surface area contributed by atoms with Crippen LogP contribution in [-0.4, -0.2) is 0 Å². The molecule has 1 aromatic carbocycles. The molecule has 0 aliphatic heterocycles. The number of aryl methyl sites for hydroxylation is 1. The number of thiophene rings is 1. The zero-order chi connectivity index (χ0) is 12.4. The maximum Gasteiger partial charge on any atom is 0.0994 e. The van der Waals surface area contributed by atoms with Crippen LogP contribution >= 0.6 is 46.1 Å². The van der Waals surface area contributed by atoms with Crippen LogP contribution in [0.15, 0.2) is 30.3 Å². The van der Waals surface area contributed by atoms with E-state index in [4.69, 9.17) is 34.8 Å². The first kappa shape index (κ1) is 13.2. The number of benzene rings is 1. The van der Waals surface area contributed by atoms with Crippen LogP contribution in [0.3, 0.4) is 0 Å². The highest BCUT2D eigenvalue weighted by Gasteiger charge is 2.18. The van der Waals surface area contributed by atoms with E-state index in [2.05, 4.69) is 13.0 Å². The van der Waals surface area contributed by atoms with E-state index in [0.29, 0.717) is 8.67 Å². The summed E-state index contributed by atoms with van der Waals surface area (Å²) in [6.07, 6.45) is 0.953. The van der Waals surface area contributed by atoms with Crippen molar-refractivity contribution in [3.8, 4) is 0 Å². The van der Waals surface area contributed by atoms with Crippen LogP contribution in [-0.2, 0) is 6.42 Å². The average molecular weight is 306 g/mol. The van der Waals surface area contributed by atoms with Gasteiger partial charge in [0.05, 0.1) is 14.0 Å². The predicted molar refractivity (Wildman–Crippen MR) is 77.9 cm³/mol. The molecular formula is C13H11Cl3S. The molecule has 0 N–H and O–H groups in total. The fourth-order valence-corrected chi connectivity index (χ4v) is 3.83. The molecule has 0 saturated heterocycles. The van der Waals surface area contributed by atoms with E-state index in [0.717, 1.165) is 17.5 Å². The second-order valence-electron chi connectivity index (χ2n) is 3.69. The monoisotopic (exact) mass is 304 g/mol. The van der Waals surface area contributed by atoms with E-state index < -0.39 is 0 Å². The van der Waals surface area contributed by atoms with Crippen molar-refractivity contribution in [3.63, 3.8) is 0 Å². The molecule has 2 aromatic rings. The molecule has 17 heavy (non-hydrogen) atoms. The standard InChI is InChI=1S/C13H11Cl3S/c1-2-8-5-3-4-6-9(8)12(15)10-7-11(14)17-13(10)16/h3-7,12H,2H2,1H3. The average Bonchev–Trinajstić information content (AvgIpc) is 2.67. The quantitative estimate of drug-likeness (QED) is 0.615. The van der Waals surface area contributed by atoms with Gasteiger partial charge in [0.15, 0.2) is 0 Å². The highest BCUT2D eigenvalue weighted by molar-refractivity contribution is 7.20. The maximum atomic E-state index is 6.50. The molecule has 0 radical (unpaired) electrons. The van der Waals surface area contributed by atoms with Crippen LogP contribution in [0.4, 0.5) is 0 Å². The Bertz CT molecular complexity index is 519. The Labute approximate surface area is 120 Å². The Hall–Kier alpha value is -0.210. The fraction of sp³-hybridized carbons (Fsp3) is 0.231. The van der Waals surface area contributed by atoms with Gasteiger partial charge in [0.1, 0.15) is 0 Å². The van der Waals surface area contributed by atoms with Gasteiger partial charge in [0, 0.05) is 5.56 Å². The van der Waals surface area contributed by atoms with E-state index in [-0.39, 0.29) is 5.38 Å². The van der Waals surface area contributed by atoms with Gasteiger partial charge in [0.25, 0.3) is 0 Å². The largest absolute Gasteiger partial charge is 0.112 e. The summed E-state index contributed by atoms with van der Waals surface area (Å²) in [5, 5.41) is -0.234. The van der Waals surface area contributed by atoms with E-state index in [9.17, 15) is 0 Å². The molecule has 0 saturated carbocycles. The Morgan fingerprint density at radius 1 is 1.18 bits per heavy atom. The molecule has 0 amide bonds. The van der Waals surface area contributed by atoms with Crippen LogP contribution in [0.25, 0.3) is 0 Å². The first-order chi connectivity index (χ1) is 8.13. The summed E-state index contributed by atoms with van der Waals surface area (Å²) in [4.78, 5) is 0. The highest BCUT2D eigenvalue weighted by Crippen LogP contribution is 2.41. The lowest BCUT2D eigenvalue weighted by molar-refractivity contribution is 1.04. The normalized spacial score (nSPS) is 12.7. The lowest BCUT2D eigenvalue weighted by atomic mass is 9.99. The molecule has 0 nitrogen and oxygen atoms in total. The summed E-state index contributed by atoms with van der Waals surface area (Å²) in [7, 11) is 0. The van der Waals surface area contributed by atoms with Crippen LogP contribution < -0.4 is 0 Å². The van der Waals surface area contributed by atoms with Gasteiger partial charge in [-0.3, -0.25) is 0 Å². The molecule has 0 fully saturated rings. The molecule has 1 unspecified atom stereocenters. The summed E-state index contributed by atoms with van der Waals surface area (Å²) in [6, 6.07) is 9.99. The Morgan fingerprint density at radius 3 is 2.47 bits per heavy atom. The minimum absolute atomic E-state index is 0.234. The van der Waals surface area contributed by atoms with Crippen molar-refractivity contribution < 1.29 is 0 Å². The molecule has 90 valence electrons. The summed E-state index contributed by atoms with van der Waals surface area (Å²) in [6.45, 7) is 2.12. The lowest BCUT2D eigenvalue weighted by Gasteiger charge is -2.13. The van der Waals surface area contributed by atoms with Crippen molar-refractivity contribution in [2.75, 3.05) is 0 Å². The van der Waals surface area contributed by atoms with Crippen LogP contribution in [0.2, 0.25) is 8.67 Å². The van der Waals surface area contributed by atoms with Gasteiger partial charge >= 0.3 is 0 Å². The molecule has 1 atom stereocenters. The van der Waals surface area contributed by atoms with Gasteiger partial charge in [-0.1, -0.05) is 54.4 Å². The highest BCUT2D eigenvalue weighted by atomic mass is 35.5. The summed E-state index contributed by atoms with van der Waals surface area (Å²) in [5.74, 6) is 0. The second-order valence-corrected chi connectivity index (χ2v) is 6.42. The van der Waals surface area contributed by atoms with Crippen LogP contribution in [0.1, 0.15) is 29.0 Å². The van der Waals surface area contributed by atoms with E-state index in [1.54, 1.807) is 0 Å². The van der Waals surface area contributed by atoms with E-state index >= 15 is 0 Å². The van der Waals surface area contributed by atoms with Gasteiger partial charge in [-0.2, -0.15) is 0 Å². The van der Waals surface area contributed by atoms with E-state index in [1.165, 1.54) is 16.9 Å². The molecule has 4 heteroatoms. The van der Waals surface area contributed by atoms with Crippen molar-refractivity contribution in [3.05, 3.63) is 55.7 Å². The molecule has 0 aliphatic carbocycles. The third-order valence-corrected chi connectivity index (χ3v) is 4.65. The van der Waals surface area contributed by atoms with Crippen LogP contribution in [0, 0.1) is 0 Å². The molecule has 1 aromatic heterocycles. The van der Waals surface area contributed by atoms with Crippen molar-refractivity contribution in [2.45, 2.75) is 18.7 Å². The molecule has 0 aliphatic rings. The van der Waals surface area contributed by atoms with Crippen molar-refractivity contribution in [2.24, 2.45) is 0 Å². The van der Waals surface area contributed by atoms with Gasteiger partial charge < -0.3 is 0 Å². The topological polar surface area (TPSA) is 0 Å². The number of hydrogen-bond donors (Lipinski definition) is 0. The van der Waals surface area contributed by atoms with Crippen molar-refractivity contribution in [1.29, 1.82) is 0 Å². The minimum Gasteiger partial charge on any atom is -0.112 e. The summed E-state index contributed by atoms with van der Waals surface area (Å²) < 4.78 is 1.34. The predicted octanol–water partition coefficient (Wildman–Crippen LogP) is 5.95. The number of alkyl halides is 1. The molecular weight excluding hydrogens is 295 g/mol. The Morgan fingerprint density at radius 2 is 1.88 bits per heavy atom. The number of rotatable bonds is 3. The number of halogens is 3. The second kappa shape index (κ2) is 5.62. The Kier molecular flexibility index (Phi) is 4.37. The fourth-order valence-electron chi connectivity index (χ4n) is 1.80. The first-order valence-corrected chi connectivity index (χ1v) is 7.31.